The number of benzene rings is 2. The maximum Gasteiger partial charge on any atom is 0.326 e. The van der Waals surface area contributed by atoms with Crippen LogP contribution in [0, 0.1) is 0 Å². The molecule has 2 aromatic carbocycles. The average Bonchev–Trinajstić information content (AvgIpc) is 3.24. The zero-order chi connectivity index (χ0) is 22.0. The second kappa shape index (κ2) is 8.73. The van der Waals surface area contributed by atoms with Crippen molar-refractivity contribution < 1.29 is 19.4 Å². The van der Waals surface area contributed by atoms with Crippen LogP contribution in [0.4, 0.5) is 0 Å². The van der Waals surface area contributed by atoms with Gasteiger partial charge in [-0.05, 0) is 36.6 Å². The number of methoxy groups -OCH3 is 1. The van der Waals surface area contributed by atoms with Gasteiger partial charge in [0, 0.05) is 16.1 Å². The van der Waals surface area contributed by atoms with Crippen molar-refractivity contribution in [2.24, 2.45) is 0 Å². The lowest BCUT2D eigenvalue weighted by Gasteiger charge is -2.29. The quantitative estimate of drug-likeness (QED) is 0.641. The minimum Gasteiger partial charge on any atom is -0.493 e. The number of carbonyl (C=O) groups is 2. The van der Waals surface area contributed by atoms with Gasteiger partial charge in [0.2, 0.25) is 0 Å². The van der Waals surface area contributed by atoms with E-state index in [2.05, 4.69) is 9.97 Å². The van der Waals surface area contributed by atoms with E-state index >= 15 is 0 Å². The first-order valence-electron chi connectivity index (χ1n) is 9.75. The molecule has 0 spiro atoms. The normalized spacial score (nSPS) is 18.1. The number of carboxylic acid groups (broad SMARTS) is 1. The molecule has 1 aliphatic heterocycles. The summed E-state index contributed by atoms with van der Waals surface area (Å²) in [6.07, 6.45) is 3.89. The van der Waals surface area contributed by atoms with Gasteiger partial charge in [0.05, 0.1) is 19.3 Å². The third kappa shape index (κ3) is 3.96. The van der Waals surface area contributed by atoms with Crippen molar-refractivity contribution in [3.63, 3.8) is 0 Å². The zero-order valence-electron chi connectivity index (χ0n) is 16.7. The Morgan fingerprint density at radius 3 is 2.55 bits per heavy atom. The van der Waals surface area contributed by atoms with Crippen molar-refractivity contribution in [2.45, 2.75) is 24.9 Å². The molecule has 3 aromatic rings. The summed E-state index contributed by atoms with van der Waals surface area (Å²) < 4.78 is 5.30. The van der Waals surface area contributed by atoms with Crippen LogP contribution in [0.1, 0.15) is 34.8 Å². The van der Waals surface area contributed by atoms with Crippen LogP contribution in [0.15, 0.2) is 61.1 Å². The minimum absolute atomic E-state index is 0.351. The lowest BCUT2D eigenvalue weighted by Crippen LogP contribution is -2.41. The molecule has 0 unspecified atom stereocenters. The molecular weight excluding hydrogens is 418 g/mol. The molecule has 1 N–H and O–H groups in total. The Kier molecular flexibility index (Phi) is 5.86. The van der Waals surface area contributed by atoms with Gasteiger partial charge in [-0.3, -0.25) is 4.79 Å². The van der Waals surface area contributed by atoms with E-state index in [0.717, 1.165) is 11.1 Å². The largest absolute Gasteiger partial charge is 0.493 e. The van der Waals surface area contributed by atoms with Crippen molar-refractivity contribution in [3.8, 4) is 17.0 Å². The predicted octanol–water partition coefficient (Wildman–Crippen LogP) is 4.24. The van der Waals surface area contributed by atoms with Crippen LogP contribution < -0.4 is 4.74 Å². The number of rotatable bonds is 5. The number of carboxylic acids is 1. The van der Waals surface area contributed by atoms with Gasteiger partial charge in [-0.2, -0.15) is 0 Å². The van der Waals surface area contributed by atoms with Crippen molar-refractivity contribution in [3.05, 3.63) is 77.2 Å². The average molecular weight is 438 g/mol. The standard InChI is InChI=1S/C23H20ClN3O4/c1-31-20-12-25-13-26-21(20)14-6-8-15(9-7-14)22(28)27-18(10-11-19(27)23(29)30)16-4-2-3-5-17(16)24/h2-9,12-13,18-19H,10-11H2,1H3,(H,29,30)/t18-,19+/m1/s1. The van der Waals surface area contributed by atoms with Crippen molar-refractivity contribution in [1.29, 1.82) is 0 Å². The molecule has 1 amide bonds. The van der Waals surface area contributed by atoms with E-state index < -0.39 is 18.1 Å². The summed E-state index contributed by atoms with van der Waals surface area (Å²) >= 11 is 6.36. The van der Waals surface area contributed by atoms with Crippen LogP contribution in [0.2, 0.25) is 5.02 Å². The predicted molar refractivity (Wildman–Crippen MR) is 115 cm³/mol. The van der Waals surface area contributed by atoms with Crippen LogP contribution in [0.25, 0.3) is 11.3 Å². The summed E-state index contributed by atoms with van der Waals surface area (Å²) in [7, 11) is 1.54. The molecule has 31 heavy (non-hydrogen) atoms. The molecule has 1 saturated heterocycles. The highest BCUT2D eigenvalue weighted by Crippen LogP contribution is 2.40. The number of ether oxygens (including phenoxy) is 1. The van der Waals surface area contributed by atoms with E-state index in [1.165, 1.54) is 18.3 Å². The van der Waals surface area contributed by atoms with E-state index in [-0.39, 0.29) is 5.91 Å². The number of amides is 1. The van der Waals surface area contributed by atoms with Crippen molar-refractivity contribution in [2.75, 3.05) is 7.11 Å². The van der Waals surface area contributed by atoms with Crippen LogP contribution in [0.5, 0.6) is 5.75 Å². The number of halogens is 1. The summed E-state index contributed by atoms with van der Waals surface area (Å²) in [5.74, 6) is -0.855. The fourth-order valence-electron chi connectivity index (χ4n) is 3.99. The fraction of sp³-hybridized carbons (Fsp3) is 0.217. The van der Waals surface area contributed by atoms with E-state index in [9.17, 15) is 14.7 Å². The molecule has 2 heterocycles. The number of nitrogens with zero attached hydrogens (tertiary/aromatic N) is 3. The van der Waals surface area contributed by atoms with E-state index in [1.54, 1.807) is 36.5 Å². The minimum atomic E-state index is -1.02. The molecule has 1 aliphatic rings. The molecule has 2 atom stereocenters. The Balaban J connectivity index is 1.67. The SMILES string of the molecule is COc1cncnc1-c1ccc(C(=O)N2[C@@H](c3ccccc3Cl)CC[C@H]2C(=O)O)cc1. The molecule has 0 aliphatic carbocycles. The van der Waals surface area contributed by atoms with E-state index in [1.807, 2.05) is 18.2 Å². The molecule has 158 valence electrons. The van der Waals surface area contributed by atoms with Gasteiger partial charge in [0.25, 0.3) is 5.91 Å². The smallest absolute Gasteiger partial charge is 0.326 e. The summed E-state index contributed by atoms with van der Waals surface area (Å²) in [6, 6.07) is 12.8. The van der Waals surface area contributed by atoms with Gasteiger partial charge < -0.3 is 14.7 Å². The molecule has 0 radical (unpaired) electrons. The number of aliphatic carboxylic acids is 1. The second-order valence-corrected chi connectivity index (χ2v) is 7.61. The molecule has 0 bridgehead atoms. The Labute approximate surface area is 184 Å². The number of hydrogen-bond acceptors (Lipinski definition) is 5. The molecule has 4 rings (SSSR count). The molecule has 7 nitrogen and oxygen atoms in total. The fourth-order valence-corrected chi connectivity index (χ4v) is 4.25. The summed E-state index contributed by atoms with van der Waals surface area (Å²) in [5, 5.41) is 10.2. The van der Waals surface area contributed by atoms with E-state index in [0.29, 0.717) is 34.9 Å². The van der Waals surface area contributed by atoms with Crippen LogP contribution in [-0.4, -0.2) is 45.0 Å². The van der Waals surface area contributed by atoms with Gasteiger partial charge in [-0.15, -0.1) is 0 Å². The number of aromatic nitrogens is 2. The monoisotopic (exact) mass is 437 g/mol. The highest BCUT2D eigenvalue weighted by Gasteiger charge is 2.42. The number of likely N-dealkylation sites (tertiary alicyclic amines) is 1. The Hall–Kier alpha value is -3.45. The third-order valence-corrected chi connectivity index (χ3v) is 5.82. The van der Waals surface area contributed by atoms with Gasteiger partial charge in [-0.25, -0.2) is 14.8 Å². The Morgan fingerprint density at radius 1 is 1.13 bits per heavy atom. The molecule has 1 fully saturated rings. The Bertz CT molecular complexity index is 1120. The van der Waals surface area contributed by atoms with Crippen LogP contribution in [-0.2, 0) is 4.79 Å². The van der Waals surface area contributed by atoms with Gasteiger partial charge in [-0.1, -0.05) is 41.9 Å². The van der Waals surface area contributed by atoms with Crippen LogP contribution in [0.3, 0.4) is 0 Å². The zero-order valence-corrected chi connectivity index (χ0v) is 17.5. The lowest BCUT2D eigenvalue weighted by molar-refractivity contribution is -0.141. The molecule has 0 saturated carbocycles. The van der Waals surface area contributed by atoms with Gasteiger partial charge >= 0.3 is 5.97 Å². The second-order valence-electron chi connectivity index (χ2n) is 7.20. The first-order valence-corrected chi connectivity index (χ1v) is 10.1. The molecule has 8 heteroatoms. The first-order chi connectivity index (χ1) is 15.0. The Morgan fingerprint density at radius 2 is 1.87 bits per heavy atom. The summed E-state index contributed by atoms with van der Waals surface area (Å²) in [6.45, 7) is 0. The maximum absolute atomic E-state index is 13.4. The van der Waals surface area contributed by atoms with Crippen molar-refractivity contribution in [1.82, 2.24) is 14.9 Å². The third-order valence-electron chi connectivity index (χ3n) is 5.47. The molecule has 1 aromatic heterocycles. The number of hydrogen-bond donors (Lipinski definition) is 1. The molecular formula is C23H20ClN3O4. The van der Waals surface area contributed by atoms with Crippen LogP contribution >= 0.6 is 11.6 Å². The maximum atomic E-state index is 13.4. The van der Waals surface area contributed by atoms with E-state index in [4.69, 9.17) is 16.3 Å². The lowest BCUT2D eigenvalue weighted by atomic mass is 10.0. The highest BCUT2D eigenvalue weighted by atomic mass is 35.5. The van der Waals surface area contributed by atoms with Crippen molar-refractivity contribution >= 4 is 23.5 Å². The summed E-state index contributed by atoms with van der Waals surface area (Å²) in [5.41, 5.74) is 2.51. The first kappa shape index (κ1) is 20.8. The topological polar surface area (TPSA) is 92.6 Å². The summed E-state index contributed by atoms with van der Waals surface area (Å²) in [4.78, 5) is 34.9. The van der Waals surface area contributed by atoms with Gasteiger partial charge in [0.1, 0.15) is 18.1 Å². The number of carbonyl (C=O) groups excluding carboxylic acids is 1. The van der Waals surface area contributed by atoms with Gasteiger partial charge in [0.15, 0.2) is 5.75 Å². The highest BCUT2D eigenvalue weighted by molar-refractivity contribution is 6.31.